The van der Waals surface area contributed by atoms with Gasteiger partial charge in [0, 0.05) is 21.3 Å². The van der Waals surface area contributed by atoms with E-state index in [1.54, 1.807) is 12.3 Å². The van der Waals surface area contributed by atoms with Crippen LogP contribution in [0.15, 0.2) is 60.8 Å². The van der Waals surface area contributed by atoms with Gasteiger partial charge in [0.05, 0.1) is 0 Å². The predicted molar refractivity (Wildman–Crippen MR) is 92.7 cm³/mol. The zero-order valence-corrected chi connectivity index (χ0v) is 13.2. The summed E-state index contributed by atoms with van der Waals surface area (Å²) in [5.74, 6) is 0. The lowest BCUT2D eigenvalue weighted by Crippen LogP contribution is -2.31. The average molecular weight is 291 g/mol. The zero-order valence-electron chi connectivity index (χ0n) is 16.2. The summed E-state index contributed by atoms with van der Waals surface area (Å²) < 4.78 is 24.5. The maximum absolute atomic E-state index is 7.55. The first kappa shape index (κ1) is 11.2. The smallest absolute Gasteiger partial charge is 0.201 e. The van der Waals surface area contributed by atoms with Crippen molar-refractivity contribution in [1.29, 1.82) is 0 Å². The van der Waals surface area contributed by atoms with Gasteiger partial charge in [-0.15, -0.1) is 0 Å². The molecule has 3 rings (SSSR count). The fourth-order valence-corrected chi connectivity index (χ4v) is 2.76. The normalized spacial score (nSPS) is 13.3. The van der Waals surface area contributed by atoms with Gasteiger partial charge >= 0.3 is 0 Å². The van der Waals surface area contributed by atoms with Crippen LogP contribution in [0.5, 0.6) is 0 Å². The highest BCUT2D eigenvalue weighted by Gasteiger charge is 2.12. The molecular weight excluding hydrogens is 266 g/mol. The highest BCUT2D eigenvalue weighted by molar-refractivity contribution is 5.71. The molecule has 2 aromatic carbocycles. The Kier molecular flexibility index (Phi) is 2.93. The molecule has 1 aromatic heterocycles. The zero-order chi connectivity index (χ0) is 18.2. The first-order chi connectivity index (χ1) is 11.8. The number of nitrogens with zero attached hydrogens (tertiary/aromatic N) is 1. The number of hydrogen-bond acceptors (Lipinski definition) is 0. The molecule has 0 unspecified atom stereocenters. The molecule has 22 heavy (non-hydrogen) atoms. The van der Waals surface area contributed by atoms with E-state index in [2.05, 4.69) is 56.3 Å². The SMILES string of the molecule is [2H]C([2H])([2H])c1ccc(-c2ccc(-c3ccc(C)cc3)cc2C)[n+](C)c1. The van der Waals surface area contributed by atoms with Crippen LogP contribution in [0.2, 0.25) is 0 Å². The Morgan fingerprint density at radius 3 is 2.14 bits per heavy atom. The standard InChI is InChI=1S/C21H22N/c1-15-5-8-18(9-6-15)19-10-11-20(17(3)13-19)21-12-7-16(2)14-22(21)4/h5-14H,1-4H3/q+1/i2D3. The molecule has 0 saturated heterocycles. The largest absolute Gasteiger partial charge is 0.212 e. The lowest BCUT2D eigenvalue weighted by atomic mass is 9.97. The molecule has 0 aliphatic heterocycles. The number of aromatic nitrogens is 1. The van der Waals surface area contributed by atoms with E-state index < -0.39 is 6.85 Å². The van der Waals surface area contributed by atoms with E-state index in [9.17, 15) is 0 Å². The summed E-state index contributed by atoms with van der Waals surface area (Å²) in [6.07, 6.45) is 1.69. The van der Waals surface area contributed by atoms with E-state index in [1.165, 1.54) is 16.7 Å². The summed E-state index contributed by atoms with van der Waals surface area (Å²) in [7, 11) is 1.89. The quantitative estimate of drug-likeness (QED) is 0.599. The Hall–Kier alpha value is -2.41. The Morgan fingerprint density at radius 2 is 1.50 bits per heavy atom. The van der Waals surface area contributed by atoms with Gasteiger partial charge in [0.25, 0.3) is 0 Å². The number of pyridine rings is 1. The molecule has 110 valence electrons. The lowest BCUT2D eigenvalue weighted by Gasteiger charge is -2.08. The Morgan fingerprint density at radius 1 is 0.818 bits per heavy atom. The molecule has 1 heteroatoms. The van der Waals surface area contributed by atoms with Crippen LogP contribution in [0.25, 0.3) is 22.4 Å². The van der Waals surface area contributed by atoms with Gasteiger partial charge in [-0.3, -0.25) is 0 Å². The van der Waals surface area contributed by atoms with Crippen molar-refractivity contribution in [2.24, 2.45) is 7.05 Å². The molecule has 1 nitrogen and oxygen atoms in total. The van der Waals surface area contributed by atoms with Crippen molar-refractivity contribution in [1.82, 2.24) is 0 Å². The number of rotatable bonds is 2. The summed E-state index contributed by atoms with van der Waals surface area (Å²) in [5.41, 5.74) is 7.25. The summed E-state index contributed by atoms with van der Waals surface area (Å²) in [6, 6.07) is 18.5. The fraction of sp³-hybridized carbons (Fsp3) is 0.190. The maximum Gasteiger partial charge on any atom is 0.212 e. The van der Waals surface area contributed by atoms with Gasteiger partial charge in [-0.1, -0.05) is 42.0 Å². The van der Waals surface area contributed by atoms with Crippen LogP contribution in [-0.2, 0) is 7.05 Å². The van der Waals surface area contributed by atoms with E-state index in [-0.39, 0.29) is 0 Å². The summed E-state index contributed by atoms with van der Waals surface area (Å²) in [5, 5.41) is 0. The van der Waals surface area contributed by atoms with Gasteiger partial charge in [-0.2, -0.15) is 0 Å². The van der Waals surface area contributed by atoms with Gasteiger partial charge in [-0.25, -0.2) is 4.57 Å². The van der Waals surface area contributed by atoms with Crippen LogP contribution < -0.4 is 4.57 Å². The second kappa shape index (κ2) is 5.76. The number of aryl methyl sites for hydroxylation is 4. The third kappa shape index (κ3) is 2.80. The van der Waals surface area contributed by atoms with Crippen LogP contribution in [0.1, 0.15) is 20.8 Å². The molecule has 0 aliphatic rings. The van der Waals surface area contributed by atoms with Crippen LogP contribution in [0.3, 0.4) is 0 Å². The third-order valence-electron chi connectivity index (χ3n) is 4.02. The fourth-order valence-electron chi connectivity index (χ4n) is 2.76. The maximum atomic E-state index is 7.55. The average Bonchev–Trinajstić information content (AvgIpc) is 2.55. The van der Waals surface area contributed by atoms with Crippen LogP contribution in [0, 0.1) is 20.7 Å². The van der Waals surface area contributed by atoms with Crippen molar-refractivity contribution < 1.29 is 8.68 Å². The van der Waals surface area contributed by atoms with Crippen LogP contribution in [0.4, 0.5) is 0 Å². The van der Waals surface area contributed by atoms with Crippen molar-refractivity contribution in [2.45, 2.75) is 20.7 Å². The minimum absolute atomic E-state index is 0.354. The van der Waals surface area contributed by atoms with Crippen LogP contribution >= 0.6 is 0 Å². The Bertz CT molecular complexity index is 909. The van der Waals surface area contributed by atoms with Crippen molar-refractivity contribution >= 4 is 0 Å². The van der Waals surface area contributed by atoms with Gasteiger partial charge in [-0.05, 0) is 49.5 Å². The lowest BCUT2D eigenvalue weighted by molar-refractivity contribution is -0.660. The number of benzene rings is 2. The van der Waals surface area contributed by atoms with Crippen molar-refractivity contribution in [3.8, 4) is 22.4 Å². The first-order valence-electron chi connectivity index (χ1n) is 8.94. The second-order valence-electron chi connectivity index (χ2n) is 5.81. The van der Waals surface area contributed by atoms with Crippen molar-refractivity contribution in [3.05, 3.63) is 77.5 Å². The molecule has 0 bridgehead atoms. The van der Waals surface area contributed by atoms with E-state index in [0.717, 1.165) is 16.8 Å². The highest BCUT2D eigenvalue weighted by atomic mass is 14.9. The molecule has 0 fully saturated rings. The van der Waals surface area contributed by atoms with Gasteiger partial charge in [0.1, 0.15) is 7.05 Å². The highest BCUT2D eigenvalue weighted by Crippen LogP contribution is 2.27. The minimum Gasteiger partial charge on any atom is -0.201 e. The first-order valence-corrected chi connectivity index (χ1v) is 7.44. The summed E-state index contributed by atoms with van der Waals surface area (Å²) in [4.78, 5) is 0. The van der Waals surface area contributed by atoms with Gasteiger partial charge in [0.2, 0.25) is 5.69 Å². The predicted octanol–water partition coefficient (Wildman–Crippen LogP) is 4.77. The Labute approximate surface area is 137 Å². The van der Waals surface area contributed by atoms with E-state index >= 15 is 0 Å². The third-order valence-corrected chi connectivity index (χ3v) is 4.02. The monoisotopic (exact) mass is 291 g/mol. The molecule has 0 N–H and O–H groups in total. The van der Waals surface area contributed by atoms with E-state index in [0.29, 0.717) is 5.56 Å². The van der Waals surface area contributed by atoms with Gasteiger partial charge < -0.3 is 0 Å². The molecule has 0 saturated carbocycles. The van der Waals surface area contributed by atoms with Crippen molar-refractivity contribution in [3.63, 3.8) is 0 Å². The Balaban J connectivity index is 2.00. The molecule has 0 amide bonds. The van der Waals surface area contributed by atoms with Crippen LogP contribution in [-0.4, -0.2) is 0 Å². The minimum atomic E-state index is -2.08. The summed E-state index contributed by atoms with van der Waals surface area (Å²) in [6.45, 7) is 2.09. The van der Waals surface area contributed by atoms with E-state index in [4.69, 9.17) is 4.11 Å². The molecule has 0 atom stereocenters. The second-order valence-corrected chi connectivity index (χ2v) is 5.81. The molecule has 0 radical (unpaired) electrons. The molecule has 0 aliphatic carbocycles. The van der Waals surface area contributed by atoms with Crippen molar-refractivity contribution in [2.75, 3.05) is 0 Å². The summed E-state index contributed by atoms with van der Waals surface area (Å²) >= 11 is 0. The molecule has 1 heterocycles. The molecule has 3 aromatic rings. The van der Waals surface area contributed by atoms with Gasteiger partial charge in [0.15, 0.2) is 6.20 Å². The molecular formula is C21H22N+. The molecule has 0 spiro atoms. The topological polar surface area (TPSA) is 3.88 Å². The number of hydrogen-bond donors (Lipinski definition) is 0. The van der Waals surface area contributed by atoms with E-state index in [1.807, 2.05) is 17.7 Å².